The van der Waals surface area contributed by atoms with Crippen molar-refractivity contribution in [2.24, 2.45) is 0 Å². The van der Waals surface area contributed by atoms with Crippen LogP contribution in [0.1, 0.15) is 22.5 Å². The van der Waals surface area contributed by atoms with E-state index in [1.807, 2.05) is 0 Å². The Morgan fingerprint density at radius 1 is 1.59 bits per heavy atom. The number of carboxylic acids is 1. The highest BCUT2D eigenvalue weighted by molar-refractivity contribution is 9.11. The topological polar surface area (TPSA) is 63.3 Å². The largest absolute Gasteiger partial charge is 0.477 e. The molecule has 0 aliphatic heterocycles. The molecule has 0 aromatic carbocycles. The quantitative estimate of drug-likeness (QED) is 0.933. The summed E-state index contributed by atoms with van der Waals surface area (Å²) in [7, 11) is 0. The van der Waals surface area contributed by atoms with Crippen LogP contribution in [0.2, 0.25) is 0 Å². The Kier molecular flexibility index (Phi) is 3.25. The van der Waals surface area contributed by atoms with Crippen molar-refractivity contribution in [3.8, 4) is 11.3 Å². The standard InChI is InChI=1S/C9H4BrF2NO3S/c10-4-1-3(2-17-4)6-5(9(14)15)7(8(11)12)16-13-6/h1-2,8H,(H,14,15). The van der Waals surface area contributed by atoms with E-state index >= 15 is 0 Å². The van der Waals surface area contributed by atoms with Gasteiger partial charge in [-0.3, -0.25) is 0 Å². The molecule has 2 aromatic heterocycles. The number of rotatable bonds is 3. The van der Waals surface area contributed by atoms with Crippen molar-refractivity contribution in [1.29, 1.82) is 0 Å². The highest BCUT2D eigenvalue weighted by atomic mass is 79.9. The number of hydrogen-bond acceptors (Lipinski definition) is 4. The van der Waals surface area contributed by atoms with Gasteiger partial charge >= 0.3 is 5.97 Å². The third-order valence-corrected chi connectivity index (χ3v) is 3.48. The first-order valence-electron chi connectivity index (χ1n) is 4.26. The number of thiophene rings is 1. The zero-order chi connectivity index (χ0) is 12.6. The summed E-state index contributed by atoms with van der Waals surface area (Å²) in [4.78, 5) is 10.9. The van der Waals surface area contributed by atoms with E-state index in [0.717, 1.165) is 3.79 Å². The molecule has 1 N–H and O–H groups in total. The van der Waals surface area contributed by atoms with Gasteiger partial charge in [0.1, 0.15) is 11.3 Å². The Morgan fingerprint density at radius 2 is 2.29 bits per heavy atom. The van der Waals surface area contributed by atoms with Crippen molar-refractivity contribution < 1.29 is 23.2 Å². The van der Waals surface area contributed by atoms with Crippen molar-refractivity contribution in [2.45, 2.75) is 6.43 Å². The molecule has 0 saturated heterocycles. The molecule has 0 saturated carbocycles. The molecular formula is C9H4BrF2NO3S. The Labute approximate surface area is 106 Å². The summed E-state index contributed by atoms with van der Waals surface area (Å²) in [5, 5.41) is 13.9. The fourth-order valence-electron chi connectivity index (χ4n) is 1.29. The molecule has 0 radical (unpaired) electrons. The molecule has 0 fully saturated rings. The van der Waals surface area contributed by atoms with E-state index in [2.05, 4.69) is 25.6 Å². The number of alkyl halides is 2. The van der Waals surface area contributed by atoms with Crippen LogP contribution in [0.25, 0.3) is 11.3 Å². The minimum atomic E-state index is -3.01. The van der Waals surface area contributed by atoms with Crippen LogP contribution >= 0.6 is 27.3 Å². The summed E-state index contributed by atoms with van der Waals surface area (Å²) >= 11 is 4.48. The first kappa shape index (κ1) is 12.2. The predicted octanol–water partition coefficient (Wildman–Crippen LogP) is 3.80. The van der Waals surface area contributed by atoms with Crippen LogP contribution in [0.3, 0.4) is 0 Å². The third-order valence-electron chi connectivity index (χ3n) is 1.97. The second-order valence-corrected chi connectivity index (χ2v) is 5.31. The van der Waals surface area contributed by atoms with Gasteiger partial charge in [-0.25, -0.2) is 13.6 Å². The number of halogens is 3. The van der Waals surface area contributed by atoms with Gasteiger partial charge in [0.05, 0.1) is 3.79 Å². The van der Waals surface area contributed by atoms with Gasteiger partial charge in [0.15, 0.2) is 0 Å². The maximum atomic E-state index is 12.5. The first-order chi connectivity index (χ1) is 8.00. The molecule has 90 valence electrons. The van der Waals surface area contributed by atoms with Gasteiger partial charge in [0.2, 0.25) is 5.76 Å². The van der Waals surface area contributed by atoms with Crippen LogP contribution in [-0.2, 0) is 0 Å². The van der Waals surface area contributed by atoms with Gasteiger partial charge in [-0.1, -0.05) is 5.16 Å². The smallest absolute Gasteiger partial charge is 0.341 e. The van der Waals surface area contributed by atoms with Gasteiger partial charge in [0.25, 0.3) is 6.43 Å². The average Bonchev–Trinajstić information content (AvgIpc) is 2.82. The van der Waals surface area contributed by atoms with E-state index in [4.69, 9.17) is 5.11 Å². The molecule has 0 bridgehead atoms. The Morgan fingerprint density at radius 3 is 2.76 bits per heavy atom. The van der Waals surface area contributed by atoms with Gasteiger partial charge in [-0.2, -0.15) is 0 Å². The molecule has 0 aliphatic rings. The molecule has 0 spiro atoms. The van der Waals surface area contributed by atoms with Gasteiger partial charge in [-0.05, 0) is 22.0 Å². The SMILES string of the molecule is O=C(O)c1c(-c2csc(Br)c2)noc1C(F)F. The highest BCUT2D eigenvalue weighted by Gasteiger charge is 2.29. The molecular weight excluding hydrogens is 320 g/mol. The molecule has 8 heteroatoms. The van der Waals surface area contributed by atoms with Crippen molar-refractivity contribution >= 4 is 33.2 Å². The first-order valence-corrected chi connectivity index (χ1v) is 5.93. The Balaban J connectivity index is 2.59. The maximum absolute atomic E-state index is 12.5. The maximum Gasteiger partial charge on any atom is 0.341 e. The van der Waals surface area contributed by atoms with Crippen LogP contribution in [0.5, 0.6) is 0 Å². The zero-order valence-corrected chi connectivity index (χ0v) is 10.4. The van der Waals surface area contributed by atoms with Gasteiger partial charge in [-0.15, -0.1) is 11.3 Å². The van der Waals surface area contributed by atoms with E-state index in [9.17, 15) is 13.6 Å². The summed E-state index contributed by atoms with van der Waals surface area (Å²) in [6.45, 7) is 0. The van der Waals surface area contributed by atoms with Crippen molar-refractivity contribution in [3.63, 3.8) is 0 Å². The van der Waals surface area contributed by atoms with E-state index < -0.39 is 23.7 Å². The van der Waals surface area contributed by atoms with Crippen LogP contribution in [-0.4, -0.2) is 16.2 Å². The monoisotopic (exact) mass is 323 g/mol. The fraction of sp³-hybridized carbons (Fsp3) is 0.111. The van der Waals surface area contributed by atoms with E-state index in [1.54, 1.807) is 11.4 Å². The number of hydrogen-bond donors (Lipinski definition) is 1. The number of carboxylic acid groups (broad SMARTS) is 1. The normalized spacial score (nSPS) is 11.1. The lowest BCUT2D eigenvalue weighted by Gasteiger charge is -1.96. The van der Waals surface area contributed by atoms with Crippen LogP contribution in [0.15, 0.2) is 19.8 Å². The predicted molar refractivity (Wildman–Crippen MR) is 59.4 cm³/mol. The second kappa shape index (κ2) is 4.53. The van der Waals surface area contributed by atoms with Gasteiger partial charge in [0, 0.05) is 10.9 Å². The lowest BCUT2D eigenvalue weighted by molar-refractivity contribution is 0.0670. The number of carbonyl (C=O) groups is 1. The number of nitrogens with zero attached hydrogens (tertiary/aromatic N) is 1. The molecule has 2 aromatic rings. The average molecular weight is 324 g/mol. The fourth-order valence-corrected chi connectivity index (χ4v) is 2.43. The molecule has 2 rings (SSSR count). The van der Waals surface area contributed by atoms with E-state index in [-0.39, 0.29) is 5.69 Å². The molecule has 0 unspecified atom stereocenters. The lowest BCUT2D eigenvalue weighted by Crippen LogP contribution is -2.01. The summed E-state index contributed by atoms with van der Waals surface area (Å²) in [5.74, 6) is -2.41. The van der Waals surface area contributed by atoms with Gasteiger partial charge < -0.3 is 9.63 Å². The summed E-state index contributed by atoms with van der Waals surface area (Å²) < 4.78 is 30.2. The second-order valence-electron chi connectivity index (χ2n) is 3.02. The molecule has 0 atom stereocenters. The van der Waals surface area contributed by atoms with Crippen molar-refractivity contribution in [1.82, 2.24) is 5.16 Å². The lowest BCUT2D eigenvalue weighted by atomic mass is 10.1. The van der Waals surface area contributed by atoms with Crippen molar-refractivity contribution in [2.75, 3.05) is 0 Å². The third kappa shape index (κ3) is 2.22. The van der Waals surface area contributed by atoms with Crippen LogP contribution in [0, 0.1) is 0 Å². The Bertz CT molecular complexity index is 566. The summed E-state index contributed by atoms with van der Waals surface area (Å²) in [5.41, 5.74) is -0.255. The zero-order valence-electron chi connectivity index (χ0n) is 7.99. The minimum absolute atomic E-state index is 0.0882. The summed E-state index contributed by atoms with van der Waals surface area (Å²) in [6, 6.07) is 1.59. The molecule has 0 amide bonds. The molecule has 4 nitrogen and oxygen atoms in total. The minimum Gasteiger partial charge on any atom is -0.477 e. The van der Waals surface area contributed by atoms with Crippen LogP contribution in [0.4, 0.5) is 8.78 Å². The molecule has 17 heavy (non-hydrogen) atoms. The summed E-state index contributed by atoms with van der Waals surface area (Å²) in [6.07, 6.45) is -3.01. The van der Waals surface area contributed by atoms with E-state index in [0.29, 0.717) is 5.56 Å². The van der Waals surface area contributed by atoms with Crippen molar-refractivity contribution in [3.05, 3.63) is 26.6 Å². The highest BCUT2D eigenvalue weighted by Crippen LogP contribution is 2.34. The number of aromatic nitrogens is 1. The number of aromatic carboxylic acids is 1. The van der Waals surface area contributed by atoms with Crippen LogP contribution < -0.4 is 0 Å². The molecule has 0 aliphatic carbocycles. The molecule has 2 heterocycles. The Hall–Kier alpha value is -1.28. The van der Waals surface area contributed by atoms with E-state index in [1.165, 1.54) is 11.3 Å².